The minimum atomic E-state index is -1.28. The molecule has 4 N–H and O–H groups in total. The number of aromatic nitrogens is 3. The van der Waals surface area contributed by atoms with Crippen LogP contribution in [0.3, 0.4) is 0 Å². The number of fused-ring (bicyclic) bond motifs is 1. The molecular formula is C41H44F2N6O5. The molecule has 2 aromatic heterocycles. The Balaban J connectivity index is 1.01. The fraction of sp³-hybridized carbons (Fsp3) is 0.366. The Bertz CT molecular complexity index is 2170. The van der Waals surface area contributed by atoms with Crippen molar-refractivity contribution >= 4 is 28.7 Å². The molecule has 282 valence electrons. The van der Waals surface area contributed by atoms with Gasteiger partial charge in [0.15, 0.2) is 0 Å². The second-order valence-corrected chi connectivity index (χ2v) is 14.9. The van der Waals surface area contributed by atoms with Crippen LogP contribution >= 0.6 is 0 Å². The number of rotatable bonds is 9. The molecule has 2 fully saturated rings. The van der Waals surface area contributed by atoms with Crippen LogP contribution in [-0.2, 0) is 5.60 Å². The second-order valence-electron chi connectivity index (χ2n) is 14.9. The Labute approximate surface area is 312 Å². The maximum Gasteiger partial charge on any atom is 0.407 e. The molecule has 2 amide bonds. The van der Waals surface area contributed by atoms with Crippen molar-refractivity contribution in [2.75, 3.05) is 38.0 Å². The number of carbonyl (C=O) groups is 2. The number of anilines is 1. The van der Waals surface area contributed by atoms with Crippen LogP contribution < -0.4 is 10.1 Å². The number of H-pyrrole nitrogens is 1. The van der Waals surface area contributed by atoms with E-state index in [9.17, 15) is 24.2 Å². The largest absolute Gasteiger partial charge is 0.490 e. The van der Waals surface area contributed by atoms with Gasteiger partial charge in [-0.15, -0.1) is 0 Å². The van der Waals surface area contributed by atoms with Gasteiger partial charge in [-0.25, -0.2) is 23.5 Å². The molecular weight excluding hydrogens is 694 g/mol. The molecule has 0 bridgehead atoms. The van der Waals surface area contributed by atoms with E-state index in [1.165, 1.54) is 49.3 Å². The van der Waals surface area contributed by atoms with Gasteiger partial charge in [-0.3, -0.25) is 4.79 Å². The number of aliphatic hydroxyl groups is 1. The highest BCUT2D eigenvalue weighted by atomic mass is 19.1. The highest BCUT2D eigenvalue weighted by Gasteiger charge is 2.27. The summed E-state index contributed by atoms with van der Waals surface area (Å²) in [7, 11) is 0. The summed E-state index contributed by atoms with van der Waals surface area (Å²) in [5.74, 6) is -0.846. The Morgan fingerprint density at radius 1 is 0.963 bits per heavy atom. The van der Waals surface area contributed by atoms with Gasteiger partial charge in [-0.05, 0) is 124 Å². The highest BCUT2D eigenvalue weighted by molar-refractivity contribution is 6.06. The number of piperidine rings is 2. The number of hydrogen-bond acceptors (Lipinski definition) is 7. The van der Waals surface area contributed by atoms with Gasteiger partial charge in [0.25, 0.3) is 5.91 Å². The number of aromatic amines is 1. The lowest BCUT2D eigenvalue weighted by atomic mass is 9.95. The fourth-order valence-electron chi connectivity index (χ4n) is 7.42. The Kier molecular flexibility index (Phi) is 10.4. The van der Waals surface area contributed by atoms with Crippen LogP contribution in [0.4, 0.5) is 19.3 Å². The van der Waals surface area contributed by atoms with E-state index in [0.717, 1.165) is 68.4 Å². The third-order valence-corrected chi connectivity index (χ3v) is 10.6. The van der Waals surface area contributed by atoms with Crippen LogP contribution in [0.25, 0.3) is 33.5 Å². The van der Waals surface area contributed by atoms with Crippen molar-refractivity contribution in [1.82, 2.24) is 24.8 Å². The Hall–Kier alpha value is -5.40. The predicted molar refractivity (Wildman–Crippen MR) is 201 cm³/mol. The van der Waals surface area contributed by atoms with Crippen molar-refractivity contribution < 1.29 is 33.3 Å². The summed E-state index contributed by atoms with van der Waals surface area (Å²) in [6, 6.07) is 16.2. The maximum atomic E-state index is 15.1. The van der Waals surface area contributed by atoms with E-state index in [4.69, 9.17) is 4.74 Å². The average Bonchev–Trinajstić information content (AvgIpc) is 3.59. The monoisotopic (exact) mass is 738 g/mol. The van der Waals surface area contributed by atoms with Crippen molar-refractivity contribution in [3.63, 3.8) is 0 Å². The van der Waals surface area contributed by atoms with E-state index in [-0.39, 0.29) is 17.4 Å². The molecule has 2 saturated heterocycles. The number of nitrogens with one attached hydrogen (secondary N) is 2. The van der Waals surface area contributed by atoms with Gasteiger partial charge in [-0.2, -0.15) is 0 Å². The molecule has 0 unspecified atom stereocenters. The highest BCUT2D eigenvalue weighted by Crippen LogP contribution is 2.36. The molecule has 13 heteroatoms. The molecule has 4 heterocycles. The third kappa shape index (κ3) is 8.07. The van der Waals surface area contributed by atoms with E-state index in [2.05, 4.69) is 25.2 Å². The summed E-state index contributed by atoms with van der Waals surface area (Å²) in [5.41, 5.74) is 2.65. The summed E-state index contributed by atoms with van der Waals surface area (Å²) < 4.78 is 36.4. The van der Waals surface area contributed by atoms with Crippen LogP contribution in [0.5, 0.6) is 5.75 Å². The van der Waals surface area contributed by atoms with Crippen molar-refractivity contribution in [3.05, 3.63) is 95.3 Å². The molecule has 0 spiro atoms. The van der Waals surface area contributed by atoms with Crippen LogP contribution in [0.2, 0.25) is 0 Å². The molecule has 3 aromatic carbocycles. The first kappa shape index (κ1) is 36.9. The summed E-state index contributed by atoms with van der Waals surface area (Å²) in [4.78, 5) is 40.6. The van der Waals surface area contributed by atoms with Crippen LogP contribution in [0.15, 0.2) is 67.0 Å². The molecule has 54 heavy (non-hydrogen) atoms. The quantitative estimate of drug-likeness (QED) is 0.121. The van der Waals surface area contributed by atoms with Gasteiger partial charge >= 0.3 is 6.09 Å². The van der Waals surface area contributed by atoms with Crippen molar-refractivity contribution in [2.24, 2.45) is 5.92 Å². The lowest BCUT2D eigenvalue weighted by molar-refractivity contribution is 0.0763. The van der Waals surface area contributed by atoms with Crippen molar-refractivity contribution in [1.29, 1.82) is 0 Å². The van der Waals surface area contributed by atoms with Crippen LogP contribution in [0.1, 0.15) is 61.0 Å². The predicted octanol–water partition coefficient (Wildman–Crippen LogP) is 7.59. The molecule has 0 aliphatic carbocycles. The lowest BCUT2D eigenvalue weighted by Gasteiger charge is -2.37. The zero-order chi connectivity index (χ0) is 38.1. The van der Waals surface area contributed by atoms with Crippen LogP contribution in [0, 0.1) is 24.5 Å². The van der Waals surface area contributed by atoms with Crippen molar-refractivity contribution in [3.8, 4) is 28.3 Å². The minimum absolute atomic E-state index is 0.120. The van der Waals surface area contributed by atoms with Gasteiger partial charge in [0.2, 0.25) is 0 Å². The van der Waals surface area contributed by atoms with Gasteiger partial charge in [0.1, 0.15) is 35.5 Å². The number of carbonyl (C=O) groups excluding carboxylic acids is 1. The molecule has 2 aliphatic rings. The smallest absolute Gasteiger partial charge is 0.407 e. The molecule has 0 radical (unpaired) electrons. The minimum Gasteiger partial charge on any atom is -0.490 e. The zero-order valence-corrected chi connectivity index (χ0v) is 30.5. The maximum absolute atomic E-state index is 15.1. The average molecular weight is 739 g/mol. The molecule has 5 aromatic rings. The summed E-state index contributed by atoms with van der Waals surface area (Å²) in [6.45, 7) is 8.92. The number of benzene rings is 3. The van der Waals surface area contributed by atoms with Crippen molar-refractivity contribution in [2.45, 2.75) is 58.2 Å². The van der Waals surface area contributed by atoms with Gasteiger partial charge in [-0.1, -0.05) is 6.07 Å². The molecule has 2 aliphatic heterocycles. The first-order chi connectivity index (χ1) is 25.8. The number of ether oxygens (including phenoxy) is 1. The second kappa shape index (κ2) is 15.2. The van der Waals surface area contributed by atoms with E-state index in [1.807, 2.05) is 30.3 Å². The number of hydrogen-bond donors (Lipinski definition) is 4. The SMILES string of the molecule is Cc1c(NC(=O)c2ccc(C(C)(C)O)cc2F)cc(F)cc1-c1ncnc2[nH]c(-c3ccc(OC4CCN(CC5CCN(C(=O)O)CC5)CC4)cc3)cc12. The van der Waals surface area contributed by atoms with Crippen LogP contribution in [-0.4, -0.2) is 85.8 Å². The fourth-order valence-corrected chi connectivity index (χ4v) is 7.42. The first-order valence-corrected chi connectivity index (χ1v) is 18.3. The molecule has 0 atom stereocenters. The first-order valence-electron chi connectivity index (χ1n) is 18.3. The van der Waals surface area contributed by atoms with Gasteiger partial charge < -0.3 is 35.1 Å². The molecule has 7 rings (SSSR count). The number of halogens is 2. The standard InChI is InChI=1S/C41H44F2N6O5/c1-24-32(19-28(42)20-35(24)47-39(50)31-9-6-27(18-34(31)43)41(2,3)53)37-33-21-36(46-38(33)45-23-44-37)26-4-7-29(8-5-26)54-30-12-14-48(15-13-30)22-25-10-16-49(17-11-25)40(51)52/h4-9,18-21,23,25,30,53H,10-17,22H2,1-3H3,(H,47,50)(H,51,52)(H,44,45,46). The van der Waals surface area contributed by atoms with E-state index >= 15 is 4.39 Å². The van der Waals surface area contributed by atoms with E-state index in [0.29, 0.717) is 52.4 Å². The zero-order valence-electron chi connectivity index (χ0n) is 30.5. The third-order valence-electron chi connectivity index (χ3n) is 10.6. The lowest BCUT2D eigenvalue weighted by Crippen LogP contribution is -2.44. The number of carboxylic acid groups (broad SMARTS) is 1. The Morgan fingerprint density at radius 2 is 1.69 bits per heavy atom. The van der Waals surface area contributed by atoms with E-state index < -0.39 is 29.2 Å². The summed E-state index contributed by atoms with van der Waals surface area (Å²) in [6.07, 6.45) is 4.37. The summed E-state index contributed by atoms with van der Waals surface area (Å²) >= 11 is 0. The number of nitrogens with zero attached hydrogens (tertiary/aromatic N) is 4. The number of likely N-dealkylation sites (tertiary alicyclic amines) is 2. The normalized spacial score (nSPS) is 16.1. The topological polar surface area (TPSA) is 144 Å². The molecule has 11 nitrogen and oxygen atoms in total. The van der Waals surface area contributed by atoms with Gasteiger partial charge in [0, 0.05) is 55.1 Å². The molecule has 0 saturated carbocycles. The number of amides is 2. The summed E-state index contributed by atoms with van der Waals surface area (Å²) in [5, 5.41) is 22.7. The van der Waals surface area contributed by atoms with E-state index in [1.54, 1.807) is 6.92 Å². The Morgan fingerprint density at radius 3 is 2.35 bits per heavy atom. The van der Waals surface area contributed by atoms with Gasteiger partial charge in [0.05, 0.1) is 16.9 Å².